The van der Waals surface area contributed by atoms with Crippen molar-refractivity contribution in [3.05, 3.63) is 30.1 Å². The summed E-state index contributed by atoms with van der Waals surface area (Å²) in [7, 11) is 0. The van der Waals surface area contributed by atoms with Crippen LogP contribution in [0.4, 0.5) is 0 Å². The van der Waals surface area contributed by atoms with E-state index in [1.165, 1.54) is 44.1 Å². The minimum Gasteiger partial charge on any atom is -0.378 e. The zero-order valence-electron chi connectivity index (χ0n) is 13.2. The zero-order chi connectivity index (χ0) is 14.5. The van der Waals surface area contributed by atoms with Crippen molar-refractivity contribution >= 4 is 0 Å². The van der Waals surface area contributed by atoms with Gasteiger partial charge in [0, 0.05) is 30.5 Å². The van der Waals surface area contributed by atoms with E-state index in [1.54, 1.807) is 0 Å². The standard InChI is InChI=1S/C18H28N2O/c1-2-21-17-14-16(18(17)9-4-3-5-10-18)20-13-8-15-6-11-19-12-7-15/h6-7,11-12,16-17,20H,2-5,8-10,13-14H2,1H3. The van der Waals surface area contributed by atoms with E-state index in [0.29, 0.717) is 17.6 Å². The van der Waals surface area contributed by atoms with Gasteiger partial charge in [-0.3, -0.25) is 4.98 Å². The van der Waals surface area contributed by atoms with E-state index in [1.807, 2.05) is 12.4 Å². The average Bonchev–Trinajstić information content (AvgIpc) is 2.55. The molecular weight excluding hydrogens is 260 g/mol. The van der Waals surface area contributed by atoms with Crippen LogP contribution in [0, 0.1) is 5.41 Å². The lowest BCUT2D eigenvalue weighted by Gasteiger charge is -2.58. The summed E-state index contributed by atoms with van der Waals surface area (Å²) in [6, 6.07) is 4.89. The number of pyridine rings is 1. The van der Waals surface area contributed by atoms with Crippen molar-refractivity contribution in [2.45, 2.75) is 64.0 Å². The maximum Gasteiger partial charge on any atom is 0.0661 e. The first-order valence-electron chi connectivity index (χ1n) is 8.59. The van der Waals surface area contributed by atoms with Crippen LogP contribution < -0.4 is 5.32 Å². The number of aromatic nitrogens is 1. The molecule has 2 fully saturated rings. The van der Waals surface area contributed by atoms with E-state index >= 15 is 0 Å². The van der Waals surface area contributed by atoms with Crippen LogP contribution in [0.3, 0.4) is 0 Å². The molecule has 2 aliphatic rings. The quantitative estimate of drug-likeness (QED) is 0.871. The molecule has 1 spiro atoms. The van der Waals surface area contributed by atoms with E-state index < -0.39 is 0 Å². The Balaban J connectivity index is 1.53. The van der Waals surface area contributed by atoms with Crippen LogP contribution in [-0.2, 0) is 11.2 Å². The van der Waals surface area contributed by atoms with Gasteiger partial charge in [0.05, 0.1) is 6.10 Å². The maximum absolute atomic E-state index is 6.02. The van der Waals surface area contributed by atoms with Crippen LogP contribution in [0.2, 0.25) is 0 Å². The van der Waals surface area contributed by atoms with E-state index in [4.69, 9.17) is 4.74 Å². The molecule has 0 radical (unpaired) electrons. The third-order valence-corrected chi connectivity index (χ3v) is 5.49. The van der Waals surface area contributed by atoms with Crippen LogP contribution in [0.5, 0.6) is 0 Å². The van der Waals surface area contributed by atoms with Crippen LogP contribution in [0.25, 0.3) is 0 Å². The molecule has 1 heterocycles. The SMILES string of the molecule is CCOC1CC(NCCc2ccncc2)C12CCCCC2. The minimum absolute atomic E-state index is 0.437. The molecule has 21 heavy (non-hydrogen) atoms. The van der Waals surface area contributed by atoms with Gasteiger partial charge in [-0.15, -0.1) is 0 Å². The molecule has 2 aliphatic carbocycles. The van der Waals surface area contributed by atoms with E-state index in [0.717, 1.165) is 19.6 Å². The van der Waals surface area contributed by atoms with Crippen LogP contribution in [-0.4, -0.2) is 30.3 Å². The van der Waals surface area contributed by atoms with Crippen molar-refractivity contribution in [1.82, 2.24) is 10.3 Å². The summed E-state index contributed by atoms with van der Waals surface area (Å²) in [4.78, 5) is 4.08. The van der Waals surface area contributed by atoms with Gasteiger partial charge >= 0.3 is 0 Å². The Bertz CT molecular complexity index is 428. The predicted octanol–water partition coefficient (Wildman–Crippen LogP) is 3.34. The lowest BCUT2D eigenvalue weighted by atomic mass is 9.55. The van der Waals surface area contributed by atoms with Crippen molar-refractivity contribution < 1.29 is 4.74 Å². The highest BCUT2D eigenvalue weighted by Crippen LogP contribution is 2.53. The first-order valence-corrected chi connectivity index (χ1v) is 8.59. The molecule has 2 saturated carbocycles. The molecule has 3 heteroatoms. The molecule has 1 N–H and O–H groups in total. The average molecular weight is 288 g/mol. The first-order chi connectivity index (χ1) is 10.3. The normalized spacial score (nSPS) is 27.5. The summed E-state index contributed by atoms with van der Waals surface area (Å²) in [5, 5.41) is 3.82. The van der Waals surface area contributed by atoms with Crippen molar-refractivity contribution in [1.29, 1.82) is 0 Å². The largest absolute Gasteiger partial charge is 0.378 e. The Morgan fingerprint density at radius 3 is 2.71 bits per heavy atom. The Morgan fingerprint density at radius 1 is 1.24 bits per heavy atom. The molecule has 116 valence electrons. The summed E-state index contributed by atoms with van der Waals surface area (Å²) < 4.78 is 6.02. The van der Waals surface area contributed by atoms with Crippen molar-refractivity contribution in [2.24, 2.45) is 5.41 Å². The minimum atomic E-state index is 0.437. The zero-order valence-corrected chi connectivity index (χ0v) is 13.2. The fourth-order valence-electron chi connectivity index (χ4n) is 4.29. The second kappa shape index (κ2) is 6.89. The first kappa shape index (κ1) is 15.0. The van der Waals surface area contributed by atoms with Gasteiger partial charge in [-0.2, -0.15) is 0 Å². The highest BCUT2D eigenvalue weighted by molar-refractivity contribution is 5.12. The van der Waals surface area contributed by atoms with Gasteiger partial charge < -0.3 is 10.1 Å². The van der Waals surface area contributed by atoms with Crippen LogP contribution in [0.1, 0.15) is 51.0 Å². The summed E-state index contributed by atoms with van der Waals surface area (Å²) in [6.45, 7) is 4.05. The van der Waals surface area contributed by atoms with Crippen molar-refractivity contribution in [3.8, 4) is 0 Å². The Kier molecular flexibility index (Phi) is 4.91. The second-order valence-electron chi connectivity index (χ2n) is 6.59. The van der Waals surface area contributed by atoms with Gasteiger partial charge in [-0.05, 0) is 56.8 Å². The summed E-state index contributed by atoms with van der Waals surface area (Å²) in [6.07, 6.45) is 13.4. The molecule has 0 bridgehead atoms. The maximum atomic E-state index is 6.02. The van der Waals surface area contributed by atoms with Crippen molar-refractivity contribution in [2.75, 3.05) is 13.2 Å². The molecular formula is C18H28N2O. The second-order valence-corrected chi connectivity index (χ2v) is 6.59. The molecule has 3 nitrogen and oxygen atoms in total. The number of nitrogens with one attached hydrogen (secondary N) is 1. The Morgan fingerprint density at radius 2 is 2.00 bits per heavy atom. The Labute approximate surface area is 128 Å². The monoisotopic (exact) mass is 288 g/mol. The fraction of sp³-hybridized carbons (Fsp3) is 0.722. The molecule has 1 aromatic heterocycles. The number of rotatable bonds is 6. The molecule has 0 saturated heterocycles. The highest BCUT2D eigenvalue weighted by Gasteiger charge is 2.55. The highest BCUT2D eigenvalue weighted by atomic mass is 16.5. The van der Waals surface area contributed by atoms with Gasteiger partial charge in [-0.1, -0.05) is 19.3 Å². The van der Waals surface area contributed by atoms with Crippen molar-refractivity contribution in [3.63, 3.8) is 0 Å². The van der Waals surface area contributed by atoms with Gasteiger partial charge in [0.15, 0.2) is 0 Å². The molecule has 0 amide bonds. The van der Waals surface area contributed by atoms with Gasteiger partial charge in [0.1, 0.15) is 0 Å². The molecule has 2 atom stereocenters. The van der Waals surface area contributed by atoms with Crippen LogP contribution in [0.15, 0.2) is 24.5 Å². The number of ether oxygens (including phenoxy) is 1. The number of hydrogen-bond donors (Lipinski definition) is 1. The van der Waals surface area contributed by atoms with E-state index in [2.05, 4.69) is 29.4 Å². The smallest absolute Gasteiger partial charge is 0.0661 e. The predicted molar refractivity (Wildman–Crippen MR) is 85.3 cm³/mol. The molecule has 0 aromatic carbocycles. The van der Waals surface area contributed by atoms with Gasteiger partial charge in [0.25, 0.3) is 0 Å². The lowest BCUT2D eigenvalue weighted by molar-refractivity contribution is -0.149. The molecule has 2 unspecified atom stereocenters. The lowest BCUT2D eigenvalue weighted by Crippen LogP contribution is -2.64. The third kappa shape index (κ3) is 3.14. The van der Waals surface area contributed by atoms with Crippen LogP contribution >= 0.6 is 0 Å². The number of nitrogens with zero attached hydrogens (tertiary/aromatic N) is 1. The molecule has 0 aliphatic heterocycles. The van der Waals surface area contributed by atoms with E-state index in [9.17, 15) is 0 Å². The van der Waals surface area contributed by atoms with E-state index in [-0.39, 0.29) is 0 Å². The molecule has 1 aromatic rings. The topological polar surface area (TPSA) is 34.1 Å². The Hall–Kier alpha value is -0.930. The summed E-state index contributed by atoms with van der Waals surface area (Å²) >= 11 is 0. The number of hydrogen-bond acceptors (Lipinski definition) is 3. The van der Waals surface area contributed by atoms with Gasteiger partial charge in [0.2, 0.25) is 0 Å². The third-order valence-electron chi connectivity index (χ3n) is 5.49. The van der Waals surface area contributed by atoms with Gasteiger partial charge in [-0.25, -0.2) is 0 Å². The summed E-state index contributed by atoms with van der Waals surface area (Å²) in [5.74, 6) is 0. The fourth-order valence-corrected chi connectivity index (χ4v) is 4.29. The summed E-state index contributed by atoms with van der Waals surface area (Å²) in [5.41, 5.74) is 1.81. The molecule has 3 rings (SSSR count).